The number of aliphatic hydroxyl groups is 1. The van der Waals surface area contributed by atoms with E-state index in [1.54, 1.807) is 0 Å². The van der Waals surface area contributed by atoms with E-state index >= 15 is 0 Å². The van der Waals surface area contributed by atoms with E-state index in [0.717, 1.165) is 43.9 Å². The summed E-state index contributed by atoms with van der Waals surface area (Å²) in [6.45, 7) is 0. The monoisotopic (exact) mass is 277 g/mol. The maximum absolute atomic E-state index is 13.5. The number of hydrogen-bond acceptors (Lipinski definition) is 2. The highest BCUT2D eigenvalue weighted by Gasteiger charge is 2.30. The van der Waals surface area contributed by atoms with Crippen molar-refractivity contribution in [3.63, 3.8) is 0 Å². The number of benzene rings is 1. The van der Waals surface area contributed by atoms with Gasteiger partial charge in [0.1, 0.15) is 11.6 Å². The van der Waals surface area contributed by atoms with Gasteiger partial charge in [0.25, 0.3) is 0 Å². The molecular formula is C13H18ClF2NO. The Hall–Kier alpha value is -0.710. The first-order valence-electron chi connectivity index (χ1n) is 5.98. The van der Waals surface area contributed by atoms with E-state index in [2.05, 4.69) is 0 Å². The smallest absolute Gasteiger partial charge is 0.128 e. The molecule has 0 amide bonds. The Morgan fingerprint density at radius 3 is 2.44 bits per heavy atom. The first kappa shape index (κ1) is 15.3. The Morgan fingerprint density at radius 2 is 1.83 bits per heavy atom. The summed E-state index contributed by atoms with van der Waals surface area (Å²) in [6.07, 6.45) is 3.16. The predicted octanol–water partition coefficient (Wildman–Crippen LogP) is 2.94. The molecule has 3 N–H and O–H groups in total. The molecule has 1 aliphatic rings. The van der Waals surface area contributed by atoms with Gasteiger partial charge in [-0.2, -0.15) is 0 Å². The lowest BCUT2D eigenvalue weighted by molar-refractivity contribution is 0.0832. The van der Waals surface area contributed by atoms with Crippen LogP contribution in [-0.2, 0) is 0 Å². The largest absolute Gasteiger partial charge is 0.391 e. The van der Waals surface area contributed by atoms with Crippen molar-refractivity contribution in [2.24, 2.45) is 11.7 Å². The molecule has 1 aromatic rings. The van der Waals surface area contributed by atoms with E-state index in [4.69, 9.17) is 5.73 Å². The summed E-state index contributed by atoms with van der Waals surface area (Å²) in [5, 5.41) is 10.1. The Morgan fingerprint density at radius 1 is 1.22 bits per heavy atom. The van der Waals surface area contributed by atoms with Gasteiger partial charge in [-0.3, -0.25) is 0 Å². The van der Waals surface area contributed by atoms with Gasteiger partial charge in [0.15, 0.2) is 0 Å². The highest BCUT2D eigenvalue weighted by molar-refractivity contribution is 5.85. The van der Waals surface area contributed by atoms with Crippen LogP contribution in [0.4, 0.5) is 8.78 Å². The minimum absolute atomic E-state index is 0. The zero-order valence-electron chi connectivity index (χ0n) is 9.98. The molecule has 0 spiro atoms. The van der Waals surface area contributed by atoms with Crippen molar-refractivity contribution < 1.29 is 13.9 Å². The molecule has 0 aromatic heterocycles. The third-order valence-electron chi connectivity index (χ3n) is 3.57. The fraction of sp³-hybridized carbons (Fsp3) is 0.538. The fourth-order valence-electron chi connectivity index (χ4n) is 2.55. The van der Waals surface area contributed by atoms with Gasteiger partial charge in [0, 0.05) is 5.56 Å². The van der Waals surface area contributed by atoms with Gasteiger partial charge in [-0.15, -0.1) is 12.4 Å². The van der Waals surface area contributed by atoms with Crippen LogP contribution in [0.15, 0.2) is 18.2 Å². The maximum atomic E-state index is 13.5. The Balaban J connectivity index is 0.00000162. The summed E-state index contributed by atoms with van der Waals surface area (Å²) in [6, 6.07) is 2.31. The topological polar surface area (TPSA) is 46.2 Å². The molecule has 0 saturated heterocycles. The second kappa shape index (κ2) is 6.45. The molecule has 2 nitrogen and oxygen atoms in total. The zero-order chi connectivity index (χ0) is 12.4. The minimum Gasteiger partial charge on any atom is -0.391 e. The first-order valence-corrected chi connectivity index (χ1v) is 5.98. The minimum atomic E-state index is -0.853. The van der Waals surface area contributed by atoms with E-state index in [-0.39, 0.29) is 23.9 Å². The average Bonchev–Trinajstić information content (AvgIpc) is 2.84. The van der Waals surface area contributed by atoms with Crippen molar-refractivity contribution >= 4 is 12.4 Å². The van der Waals surface area contributed by atoms with Crippen LogP contribution in [-0.4, -0.2) is 11.2 Å². The molecule has 0 radical (unpaired) electrons. The van der Waals surface area contributed by atoms with E-state index < -0.39 is 23.8 Å². The van der Waals surface area contributed by atoms with Gasteiger partial charge in [-0.05, 0) is 37.0 Å². The quantitative estimate of drug-likeness (QED) is 0.892. The summed E-state index contributed by atoms with van der Waals surface area (Å²) in [5.41, 5.74) is 5.89. The number of nitrogens with two attached hydrogens (primary N) is 1. The first-order chi connectivity index (χ1) is 8.09. The molecule has 5 heteroatoms. The Labute approximate surface area is 112 Å². The molecule has 2 rings (SSSR count). The third-order valence-corrected chi connectivity index (χ3v) is 3.57. The van der Waals surface area contributed by atoms with E-state index in [9.17, 15) is 13.9 Å². The molecule has 1 aliphatic carbocycles. The highest BCUT2D eigenvalue weighted by Crippen LogP contribution is 2.33. The Kier molecular flexibility index (Phi) is 5.50. The zero-order valence-corrected chi connectivity index (χ0v) is 10.8. The summed E-state index contributed by atoms with van der Waals surface area (Å²) >= 11 is 0. The fourth-order valence-corrected chi connectivity index (χ4v) is 2.55. The second-order valence-electron chi connectivity index (χ2n) is 4.73. The van der Waals surface area contributed by atoms with Crippen molar-refractivity contribution in [2.45, 2.75) is 37.8 Å². The SMILES string of the molecule is Cl.N[C@H](c1cc(F)ccc1F)[C@@H](O)C1CCCC1. The molecule has 1 fully saturated rings. The second-order valence-corrected chi connectivity index (χ2v) is 4.73. The molecular weight excluding hydrogens is 260 g/mol. The number of aliphatic hydroxyl groups excluding tert-OH is 1. The molecule has 0 unspecified atom stereocenters. The molecule has 102 valence electrons. The highest BCUT2D eigenvalue weighted by atomic mass is 35.5. The van der Waals surface area contributed by atoms with Crippen LogP contribution in [0.2, 0.25) is 0 Å². The molecule has 2 atom stereocenters. The van der Waals surface area contributed by atoms with Crippen LogP contribution in [0, 0.1) is 17.6 Å². The molecule has 1 saturated carbocycles. The normalized spacial score (nSPS) is 19.3. The van der Waals surface area contributed by atoms with Crippen molar-refractivity contribution in [1.29, 1.82) is 0 Å². The van der Waals surface area contributed by atoms with Crippen LogP contribution in [0.3, 0.4) is 0 Å². The number of halogens is 3. The molecule has 0 heterocycles. The molecule has 0 aliphatic heterocycles. The average molecular weight is 278 g/mol. The van der Waals surface area contributed by atoms with Crippen LogP contribution >= 0.6 is 12.4 Å². The lowest BCUT2D eigenvalue weighted by Gasteiger charge is -2.24. The predicted molar refractivity (Wildman–Crippen MR) is 68.5 cm³/mol. The van der Waals surface area contributed by atoms with Crippen LogP contribution in [0.5, 0.6) is 0 Å². The van der Waals surface area contributed by atoms with Crippen molar-refractivity contribution in [2.75, 3.05) is 0 Å². The van der Waals surface area contributed by atoms with E-state index in [0.29, 0.717) is 0 Å². The van der Waals surface area contributed by atoms with Crippen LogP contribution in [0.1, 0.15) is 37.3 Å². The van der Waals surface area contributed by atoms with Crippen LogP contribution < -0.4 is 5.73 Å². The molecule has 0 bridgehead atoms. The number of rotatable bonds is 3. The number of hydrogen-bond donors (Lipinski definition) is 2. The van der Waals surface area contributed by atoms with Gasteiger partial charge in [0.2, 0.25) is 0 Å². The molecule has 1 aromatic carbocycles. The van der Waals surface area contributed by atoms with Crippen LogP contribution in [0.25, 0.3) is 0 Å². The Bertz CT molecular complexity index is 397. The van der Waals surface area contributed by atoms with Gasteiger partial charge in [0.05, 0.1) is 12.1 Å². The lowest BCUT2D eigenvalue weighted by Crippen LogP contribution is -2.32. The van der Waals surface area contributed by atoms with Crippen molar-refractivity contribution in [3.05, 3.63) is 35.4 Å². The summed E-state index contributed by atoms with van der Waals surface area (Å²) in [5.74, 6) is -0.987. The molecule has 18 heavy (non-hydrogen) atoms. The third kappa shape index (κ3) is 3.19. The standard InChI is InChI=1S/C13H17F2NO.ClH/c14-9-5-6-11(15)10(7-9)12(16)13(17)8-3-1-2-4-8;/h5-8,12-13,17H,1-4,16H2;1H/t12-,13+;/m1./s1. The van der Waals surface area contributed by atoms with Gasteiger partial charge >= 0.3 is 0 Å². The summed E-state index contributed by atoms with van der Waals surface area (Å²) < 4.78 is 26.6. The van der Waals surface area contributed by atoms with E-state index in [1.165, 1.54) is 0 Å². The maximum Gasteiger partial charge on any atom is 0.128 e. The lowest BCUT2D eigenvalue weighted by atomic mass is 9.90. The van der Waals surface area contributed by atoms with Crippen molar-refractivity contribution in [3.8, 4) is 0 Å². The van der Waals surface area contributed by atoms with Gasteiger partial charge < -0.3 is 10.8 Å². The van der Waals surface area contributed by atoms with Gasteiger partial charge in [-0.25, -0.2) is 8.78 Å². The summed E-state index contributed by atoms with van der Waals surface area (Å²) in [7, 11) is 0. The van der Waals surface area contributed by atoms with Gasteiger partial charge in [-0.1, -0.05) is 12.8 Å². The summed E-state index contributed by atoms with van der Waals surface area (Å²) in [4.78, 5) is 0. The van der Waals surface area contributed by atoms with E-state index in [1.807, 2.05) is 0 Å². The van der Waals surface area contributed by atoms with Crippen molar-refractivity contribution in [1.82, 2.24) is 0 Å².